The van der Waals surface area contributed by atoms with Crippen LogP contribution < -0.4 is 4.90 Å². The number of benzene rings is 2. The van der Waals surface area contributed by atoms with Crippen LogP contribution in [0.15, 0.2) is 54.9 Å². The van der Waals surface area contributed by atoms with Crippen LogP contribution in [0.5, 0.6) is 0 Å². The number of hydrogen-bond donors (Lipinski definition) is 0. The molecule has 0 N–H and O–H groups in total. The third kappa shape index (κ3) is 2.25. The Morgan fingerprint density at radius 2 is 1.96 bits per heavy atom. The topological polar surface area (TPSA) is 46.3 Å². The van der Waals surface area contributed by atoms with E-state index in [1.807, 2.05) is 54.8 Å². The smallest absolute Gasteiger partial charge is 0.257 e. The lowest BCUT2D eigenvalue weighted by atomic mass is 10.1. The molecule has 0 radical (unpaired) electrons. The minimum atomic E-state index is 0.583. The van der Waals surface area contributed by atoms with Gasteiger partial charge in [-0.3, -0.25) is 4.40 Å². The van der Waals surface area contributed by atoms with E-state index in [0.29, 0.717) is 5.78 Å². The van der Waals surface area contributed by atoms with Gasteiger partial charge in [0.05, 0.1) is 5.52 Å². The van der Waals surface area contributed by atoms with Gasteiger partial charge < -0.3 is 4.90 Å². The lowest BCUT2D eigenvalue weighted by Crippen LogP contribution is -2.13. The average molecular weight is 313 g/mol. The zero-order chi connectivity index (χ0) is 16.5. The molecular weight excluding hydrogens is 298 g/mol. The van der Waals surface area contributed by atoms with E-state index in [4.69, 9.17) is 4.98 Å². The molecule has 5 nitrogen and oxygen atoms in total. The summed E-state index contributed by atoms with van der Waals surface area (Å²) in [5, 5.41) is 9.12. The van der Waals surface area contributed by atoms with Crippen molar-refractivity contribution in [2.45, 2.75) is 6.92 Å². The summed E-state index contributed by atoms with van der Waals surface area (Å²) in [6, 6.07) is 16.2. The lowest BCUT2D eigenvalue weighted by molar-refractivity contribution is 1.08. The van der Waals surface area contributed by atoms with Gasteiger partial charge in [0.25, 0.3) is 5.78 Å². The molecule has 5 heteroatoms. The lowest BCUT2D eigenvalue weighted by Gasteiger charge is -2.20. The molecule has 24 heavy (non-hydrogen) atoms. The van der Waals surface area contributed by atoms with Gasteiger partial charge in [-0.25, -0.2) is 0 Å². The summed E-state index contributed by atoms with van der Waals surface area (Å²) in [5.41, 5.74) is 3.03. The zero-order valence-corrected chi connectivity index (χ0v) is 13.4. The second-order valence-electron chi connectivity index (χ2n) is 5.44. The van der Waals surface area contributed by atoms with Gasteiger partial charge in [-0.2, -0.15) is 4.98 Å². The van der Waals surface area contributed by atoms with Crippen molar-refractivity contribution >= 4 is 28.2 Å². The van der Waals surface area contributed by atoms with Crippen molar-refractivity contribution in [2.24, 2.45) is 0 Å². The van der Waals surface area contributed by atoms with E-state index in [9.17, 15) is 0 Å². The second-order valence-corrected chi connectivity index (χ2v) is 5.44. The van der Waals surface area contributed by atoms with E-state index in [1.165, 1.54) is 0 Å². The van der Waals surface area contributed by atoms with Gasteiger partial charge in [0.15, 0.2) is 0 Å². The van der Waals surface area contributed by atoms with Crippen LogP contribution >= 0.6 is 0 Å². The number of hydrogen-bond acceptors (Lipinski definition) is 4. The third-order valence-electron chi connectivity index (χ3n) is 3.96. The van der Waals surface area contributed by atoms with Crippen molar-refractivity contribution in [1.82, 2.24) is 19.6 Å². The molecular formula is C19H15N5. The first kappa shape index (κ1) is 14.2. The molecule has 0 bridgehead atoms. The predicted octanol–water partition coefficient (Wildman–Crippen LogP) is 3.42. The van der Waals surface area contributed by atoms with E-state index in [2.05, 4.69) is 39.1 Å². The van der Waals surface area contributed by atoms with Crippen LogP contribution in [-0.4, -0.2) is 26.6 Å². The molecule has 0 aliphatic rings. The Morgan fingerprint density at radius 1 is 1.08 bits per heavy atom. The number of rotatable bonds is 2. The van der Waals surface area contributed by atoms with Crippen molar-refractivity contribution in [3.63, 3.8) is 0 Å². The van der Waals surface area contributed by atoms with Crippen LogP contribution in [0.25, 0.3) is 16.7 Å². The summed E-state index contributed by atoms with van der Waals surface area (Å²) < 4.78 is 1.89. The minimum Gasteiger partial charge on any atom is -0.329 e. The summed E-state index contributed by atoms with van der Waals surface area (Å²) in [7, 11) is 2.00. The highest BCUT2D eigenvalue weighted by molar-refractivity contribution is 5.93. The molecule has 0 atom stereocenters. The number of fused-ring (bicyclic) bond motifs is 3. The largest absolute Gasteiger partial charge is 0.329 e. The summed E-state index contributed by atoms with van der Waals surface area (Å²) >= 11 is 0. The second kappa shape index (κ2) is 5.67. The molecule has 4 rings (SSSR count). The number of aromatic nitrogens is 4. The molecule has 0 unspecified atom stereocenters. The highest BCUT2D eigenvalue weighted by Crippen LogP contribution is 2.30. The van der Waals surface area contributed by atoms with Crippen LogP contribution in [-0.2, 0) is 0 Å². The highest BCUT2D eigenvalue weighted by Gasteiger charge is 2.14. The molecule has 0 spiro atoms. The summed E-state index contributed by atoms with van der Waals surface area (Å²) in [6.45, 7) is 1.84. The van der Waals surface area contributed by atoms with E-state index in [0.717, 1.165) is 28.0 Å². The first-order valence-corrected chi connectivity index (χ1v) is 7.63. The van der Waals surface area contributed by atoms with Crippen LogP contribution in [0.1, 0.15) is 12.5 Å². The fourth-order valence-corrected chi connectivity index (χ4v) is 2.82. The number of nitrogens with zero attached hydrogens (tertiary/aromatic N) is 5. The Labute approximate surface area is 139 Å². The quantitative estimate of drug-likeness (QED) is 0.532. The molecule has 4 aromatic rings. The standard InChI is InChI=1S/C19H15N5/c1-3-7-14-8-6-9-15(12-14)23(2)18-16-10-4-5-11-17(16)24-13-20-22-19(24)21-18/h4-6,8-13H,1-2H3. The van der Waals surface area contributed by atoms with Gasteiger partial charge >= 0.3 is 0 Å². The SMILES string of the molecule is CC#Cc1cccc(N(C)c2nc3nncn3c3ccccc23)c1. The molecule has 0 saturated heterocycles. The Bertz CT molecular complexity index is 1100. The van der Waals surface area contributed by atoms with Gasteiger partial charge in [0, 0.05) is 23.7 Å². The van der Waals surface area contributed by atoms with Gasteiger partial charge in [0.2, 0.25) is 0 Å². The van der Waals surface area contributed by atoms with E-state index < -0.39 is 0 Å². The zero-order valence-electron chi connectivity index (χ0n) is 13.4. The third-order valence-corrected chi connectivity index (χ3v) is 3.96. The van der Waals surface area contributed by atoms with Crippen LogP contribution in [0.2, 0.25) is 0 Å². The maximum absolute atomic E-state index is 4.69. The maximum Gasteiger partial charge on any atom is 0.257 e. The Hall–Kier alpha value is -3.39. The van der Waals surface area contributed by atoms with Gasteiger partial charge in [-0.05, 0) is 37.3 Å². The molecule has 0 aliphatic carbocycles. The first-order valence-electron chi connectivity index (χ1n) is 7.63. The number of anilines is 2. The van der Waals surface area contributed by atoms with Gasteiger partial charge in [-0.15, -0.1) is 16.1 Å². The molecule has 116 valence electrons. The Kier molecular flexibility index (Phi) is 3.36. The van der Waals surface area contributed by atoms with Crippen molar-refractivity contribution in [2.75, 3.05) is 11.9 Å². The Balaban J connectivity index is 1.93. The Morgan fingerprint density at radius 3 is 2.83 bits per heavy atom. The maximum atomic E-state index is 4.69. The molecule has 2 aromatic heterocycles. The van der Waals surface area contributed by atoms with E-state index >= 15 is 0 Å². The van der Waals surface area contributed by atoms with Crippen molar-refractivity contribution in [3.05, 3.63) is 60.4 Å². The van der Waals surface area contributed by atoms with Crippen molar-refractivity contribution in [3.8, 4) is 11.8 Å². The van der Waals surface area contributed by atoms with Gasteiger partial charge in [0.1, 0.15) is 12.1 Å². The molecule has 0 fully saturated rings. The van der Waals surface area contributed by atoms with Crippen molar-refractivity contribution < 1.29 is 0 Å². The predicted molar refractivity (Wildman–Crippen MR) is 95.3 cm³/mol. The van der Waals surface area contributed by atoms with E-state index in [-0.39, 0.29) is 0 Å². The van der Waals surface area contributed by atoms with Crippen LogP contribution in [0.4, 0.5) is 11.5 Å². The first-order chi connectivity index (χ1) is 11.8. The fraction of sp³-hybridized carbons (Fsp3) is 0.105. The summed E-state index contributed by atoms with van der Waals surface area (Å²) in [5.74, 6) is 7.45. The summed E-state index contributed by atoms with van der Waals surface area (Å²) in [6.07, 6.45) is 1.69. The fourth-order valence-electron chi connectivity index (χ4n) is 2.82. The minimum absolute atomic E-state index is 0.583. The molecule has 2 aromatic carbocycles. The van der Waals surface area contributed by atoms with E-state index in [1.54, 1.807) is 6.33 Å². The molecule has 0 amide bonds. The average Bonchev–Trinajstić information content (AvgIpc) is 3.10. The normalized spacial score (nSPS) is 10.6. The monoisotopic (exact) mass is 313 g/mol. The molecule has 2 heterocycles. The molecule has 0 saturated carbocycles. The van der Waals surface area contributed by atoms with Crippen LogP contribution in [0, 0.1) is 11.8 Å². The number of para-hydroxylation sites is 1. The van der Waals surface area contributed by atoms with Gasteiger partial charge in [-0.1, -0.05) is 24.1 Å². The summed E-state index contributed by atoms with van der Waals surface area (Å²) in [4.78, 5) is 6.75. The highest BCUT2D eigenvalue weighted by atomic mass is 15.3. The molecule has 0 aliphatic heterocycles. The van der Waals surface area contributed by atoms with Crippen LogP contribution in [0.3, 0.4) is 0 Å². The van der Waals surface area contributed by atoms with Crippen molar-refractivity contribution in [1.29, 1.82) is 0 Å².